The van der Waals surface area contributed by atoms with E-state index in [-0.39, 0.29) is 12.1 Å². The maximum Gasteiger partial charge on any atom is 0.322 e. The Labute approximate surface area is 109 Å². The first-order chi connectivity index (χ1) is 8.08. The molecule has 1 N–H and O–H groups in total. The van der Waals surface area contributed by atoms with Crippen molar-refractivity contribution in [2.75, 3.05) is 18.1 Å². The fraction of sp³-hybridized carbons (Fsp3) is 0.417. The molecule has 0 bridgehead atoms. The van der Waals surface area contributed by atoms with Crippen LogP contribution in [0.4, 0.5) is 10.5 Å². The molecule has 0 aromatic heterocycles. The van der Waals surface area contributed by atoms with Crippen molar-refractivity contribution < 1.29 is 9.53 Å². The fourth-order valence-electron chi connectivity index (χ4n) is 1.73. The average Bonchev–Trinajstić information content (AvgIpc) is 2.27. The van der Waals surface area contributed by atoms with Gasteiger partial charge in [-0.2, -0.15) is 0 Å². The van der Waals surface area contributed by atoms with Crippen LogP contribution in [0.1, 0.15) is 13.8 Å². The summed E-state index contributed by atoms with van der Waals surface area (Å²) in [5.41, 5.74) is 0.809. The molecule has 0 atom stereocenters. The van der Waals surface area contributed by atoms with Crippen LogP contribution in [0.3, 0.4) is 0 Å². The number of ether oxygens (including phenoxy) is 1. The number of amides is 2. The number of benzene rings is 1. The molecular formula is C12H15BrN2O2. The lowest BCUT2D eigenvalue weighted by Crippen LogP contribution is -2.46. The molecule has 0 spiro atoms. The van der Waals surface area contributed by atoms with Crippen molar-refractivity contribution in [3.8, 4) is 5.75 Å². The van der Waals surface area contributed by atoms with Crippen LogP contribution in [-0.2, 0) is 0 Å². The number of halogens is 1. The van der Waals surface area contributed by atoms with E-state index in [9.17, 15) is 4.79 Å². The van der Waals surface area contributed by atoms with Gasteiger partial charge in [-0.25, -0.2) is 4.79 Å². The van der Waals surface area contributed by atoms with Gasteiger partial charge in [-0.05, 0) is 32.0 Å². The molecule has 0 saturated carbocycles. The predicted octanol–water partition coefficient (Wildman–Crippen LogP) is 2.77. The lowest BCUT2D eigenvalue weighted by atomic mass is 10.2. The summed E-state index contributed by atoms with van der Waals surface area (Å²) in [7, 11) is 0. The van der Waals surface area contributed by atoms with E-state index in [2.05, 4.69) is 21.2 Å². The zero-order valence-corrected chi connectivity index (χ0v) is 11.5. The second kappa shape index (κ2) is 4.96. The highest BCUT2D eigenvalue weighted by Crippen LogP contribution is 2.34. The Kier molecular flexibility index (Phi) is 3.57. The smallest absolute Gasteiger partial charge is 0.322 e. The van der Waals surface area contributed by atoms with Crippen LogP contribution in [0.25, 0.3) is 0 Å². The normalized spacial score (nSPS) is 14.2. The summed E-state index contributed by atoms with van der Waals surface area (Å²) in [6.45, 7) is 4.99. The molecule has 0 saturated heterocycles. The molecule has 1 aliphatic rings. The van der Waals surface area contributed by atoms with Gasteiger partial charge in [-0.15, -0.1) is 0 Å². The molecule has 5 heteroatoms. The van der Waals surface area contributed by atoms with Crippen molar-refractivity contribution >= 4 is 27.6 Å². The summed E-state index contributed by atoms with van der Waals surface area (Å²) in [5.74, 6) is 0.748. The van der Waals surface area contributed by atoms with E-state index in [0.29, 0.717) is 13.2 Å². The van der Waals surface area contributed by atoms with E-state index in [1.807, 2.05) is 32.0 Å². The quantitative estimate of drug-likeness (QED) is 0.866. The van der Waals surface area contributed by atoms with Gasteiger partial charge in [-0.1, -0.05) is 15.9 Å². The van der Waals surface area contributed by atoms with Gasteiger partial charge < -0.3 is 10.1 Å². The predicted molar refractivity (Wildman–Crippen MR) is 70.7 cm³/mol. The zero-order chi connectivity index (χ0) is 12.4. The maximum atomic E-state index is 12.0. The van der Waals surface area contributed by atoms with Crippen molar-refractivity contribution in [1.82, 2.24) is 5.32 Å². The molecule has 2 rings (SSSR count). The molecule has 1 aromatic rings. The summed E-state index contributed by atoms with van der Waals surface area (Å²) in [4.78, 5) is 13.7. The van der Waals surface area contributed by atoms with Crippen molar-refractivity contribution in [2.45, 2.75) is 19.9 Å². The number of nitrogens with zero attached hydrogens (tertiary/aromatic N) is 1. The van der Waals surface area contributed by atoms with Gasteiger partial charge in [0.1, 0.15) is 12.4 Å². The first kappa shape index (κ1) is 12.2. The van der Waals surface area contributed by atoms with Gasteiger partial charge in [0.25, 0.3) is 0 Å². The van der Waals surface area contributed by atoms with Crippen LogP contribution in [0.5, 0.6) is 5.75 Å². The van der Waals surface area contributed by atoms with E-state index in [1.165, 1.54) is 0 Å². The lowest BCUT2D eigenvalue weighted by Gasteiger charge is -2.30. The maximum absolute atomic E-state index is 12.0. The third-order valence-corrected chi connectivity index (χ3v) is 2.93. The topological polar surface area (TPSA) is 41.6 Å². The van der Waals surface area contributed by atoms with Crippen LogP contribution < -0.4 is 15.0 Å². The van der Waals surface area contributed by atoms with E-state index >= 15 is 0 Å². The Hall–Kier alpha value is -1.23. The molecule has 0 radical (unpaired) electrons. The highest BCUT2D eigenvalue weighted by Gasteiger charge is 2.24. The number of urea groups is 1. The van der Waals surface area contributed by atoms with E-state index in [0.717, 1.165) is 15.9 Å². The largest absolute Gasteiger partial charge is 0.490 e. The minimum Gasteiger partial charge on any atom is -0.490 e. The minimum atomic E-state index is -0.0809. The number of nitrogens with one attached hydrogen (secondary N) is 1. The molecule has 0 aliphatic carbocycles. The van der Waals surface area contributed by atoms with Gasteiger partial charge in [0.2, 0.25) is 0 Å². The average molecular weight is 299 g/mol. The van der Waals surface area contributed by atoms with Gasteiger partial charge in [0, 0.05) is 10.5 Å². The lowest BCUT2D eigenvalue weighted by molar-refractivity contribution is 0.237. The van der Waals surface area contributed by atoms with Crippen LogP contribution in [0.15, 0.2) is 22.7 Å². The van der Waals surface area contributed by atoms with Crippen molar-refractivity contribution in [3.05, 3.63) is 22.7 Å². The first-order valence-electron chi connectivity index (χ1n) is 5.58. The summed E-state index contributed by atoms with van der Waals surface area (Å²) in [6, 6.07) is 5.72. The first-order valence-corrected chi connectivity index (χ1v) is 6.37. The Bertz CT molecular complexity index is 435. The van der Waals surface area contributed by atoms with Crippen LogP contribution >= 0.6 is 15.9 Å². The van der Waals surface area contributed by atoms with E-state index in [1.54, 1.807) is 4.90 Å². The number of carbonyl (C=O) groups excluding carboxylic acids is 1. The van der Waals surface area contributed by atoms with E-state index < -0.39 is 0 Å². The monoisotopic (exact) mass is 298 g/mol. The van der Waals surface area contributed by atoms with Gasteiger partial charge >= 0.3 is 6.03 Å². The second-order valence-electron chi connectivity index (χ2n) is 4.22. The standard InChI is InChI=1S/C12H15BrN2O2/c1-8(2)14-12(16)15-5-6-17-11-4-3-9(13)7-10(11)15/h3-4,7-8H,5-6H2,1-2H3,(H,14,16). The molecule has 17 heavy (non-hydrogen) atoms. The number of hydrogen-bond donors (Lipinski definition) is 1. The Morgan fingerprint density at radius 3 is 3.00 bits per heavy atom. The Morgan fingerprint density at radius 1 is 1.53 bits per heavy atom. The highest BCUT2D eigenvalue weighted by molar-refractivity contribution is 9.10. The summed E-state index contributed by atoms with van der Waals surface area (Å²) < 4.78 is 6.46. The summed E-state index contributed by atoms with van der Waals surface area (Å²) in [6.07, 6.45) is 0. The van der Waals surface area contributed by atoms with Crippen molar-refractivity contribution in [3.63, 3.8) is 0 Å². The Morgan fingerprint density at radius 2 is 2.29 bits per heavy atom. The van der Waals surface area contributed by atoms with Gasteiger partial charge in [-0.3, -0.25) is 4.90 Å². The SMILES string of the molecule is CC(C)NC(=O)N1CCOc2ccc(Br)cc21. The molecule has 1 aliphatic heterocycles. The second-order valence-corrected chi connectivity index (χ2v) is 5.13. The van der Waals surface area contributed by atoms with Gasteiger partial charge in [0.05, 0.1) is 12.2 Å². The molecule has 0 unspecified atom stereocenters. The van der Waals surface area contributed by atoms with Gasteiger partial charge in [0.15, 0.2) is 0 Å². The number of anilines is 1. The summed E-state index contributed by atoms with van der Waals surface area (Å²) >= 11 is 3.40. The fourth-order valence-corrected chi connectivity index (χ4v) is 2.08. The molecule has 1 aromatic carbocycles. The summed E-state index contributed by atoms with van der Waals surface area (Å²) in [5, 5.41) is 2.89. The number of hydrogen-bond acceptors (Lipinski definition) is 2. The zero-order valence-electron chi connectivity index (χ0n) is 9.87. The molecule has 4 nitrogen and oxygen atoms in total. The third kappa shape index (κ3) is 2.72. The third-order valence-electron chi connectivity index (χ3n) is 2.44. The van der Waals surface area contributed by atoms with Crippen LogP contribution in [0.2, 0.25) is 0 Å². The molecule has 92 valence electrons. The van der Waals surface area contributed by atoms with Crippen molar-refractivity contribution in [1.29, 1.82) is 0 Å². The number of fused-ring (bicyclic) bond motifs is 1. The van der Waals surface area contributed by atoms with Crippen molar-refractivity contribution in [2.24, 2.45) is 0 Å². The van der Waals surface area contributed by atoms with E-state index in [4.69, 9.17) is 4.74 Å². The minimum absolute atomic E-state index is 0.0809. The number of rotatable bonds is 1. The van der Waals surface area contributed by atoms with Crippen LogP contribution in [0, 0.1) is 0 Å². The molecule has 2 amide bonds. The molecular weight excluding hydrogens is 284 g/mol. The molecule has 1 heterocycles. The Balaban J connectivity index is 2.27. The molecule has 0 fully saturated rings. The highest BCUT2D eigenvalue weighted by atomic mass is 79.9. The number of carbonyl (C=O) groups is 1. The van der Waals surface area contributed by atoms with Crippen LogP contribution in [-0.4, -0.2) is 25.2 Å².